The second-order valence-corrected chi connectivity index (χ2v) is 4.32. The van der Waals surface area contributed by atoms with Crippen molar-refractivity contribution >= 4 is 28.3 Å². The molecular weight excluding hydrogens is 242 g/mol. The molecule has 0 fully saturated rings. The van der Waals surface area contributed by atoms with Gasteiger partial charge >= 0.3 is 5.97 Å². The van der Waals surface area contributed by atoms with Gasteiger partial charge in [0.2, 0.25) is 0 Å². The normalized spacial score (nSPS) is 14.3. The second-order valence-electron chi connectivity index (χ2n) is 4.32. The predicted octanol–water partition coefficient (Wildman–Crippen LogP) is 1.97. The van der Waals surface area contributed by atoms with Crippen LogP contribution in [0.4, 0.5) is 0 Å². The zero-order valence-electron chi connectivity index (χ0n) is 10.3. The largest absolute Gasteiger partial charge is 0.478 e. The maximum absolute atomic E-state index is 11.3. The molecule has 0 amide bonds. The van der Waals surface area contributed by atoms with Gasteiger partial charge in [0.15, 0.2) is 0 Å². The Morgan fingerprint density at radius 2 is 1.79 bits per heavy atom. The summed E-state index contributed by atoms with van der Waals surface area (Å²) in [7, 11) is 1.74. The summed E-state index contributed by atoms with van der Waals surface area (Å²) in [5.41, 5.74) is 3.05. The van der Waals surface area contributed by atoms with Gasteiger partial charge in [0.05, 0.1) is 16.7 Å². The van der Waals surface area contributed by atoms with Crippen molar-refractivity contribution in [3.63, 3.8) is 0 Å². The minimum atomic E-state index is -1.02. The summed E-state index contributed by atoms with van der Waals surface area (Å²) in [5.74, 6) is -1.02. The van der Waals surface area contributed by atoms with E-state index in [4.69, 9.17) is 0 Å². The Bertz CT molecular complexity index is 749. The molecule has 2 aromatic rings. The van der Waals surface area contributed by atoms with E-state index in [1.165, 1.54) is 6.20 Å². The van der Waals surface area contributed by atoms with Crippen molar-refractivity contribution in [1.29, 1.82) is 0 Å². The fourth-order valence-corrected chi connectivity index (χ4v) is 2.05. The molecule has 1 aromatic heterocycles. The Labute approximate surface area is 109 Å². The van der Waals surface area contributed by atoms with Gasteiger partial charge in [-0.2, -0.15) is 0 Å². The van der Waals surface area contributed by atoms with Crippen molar-refractivity contribution in [2.45, 2.75) is 0 Å². The highest BCUT2D eigenvalue weighted by Crippen LogP contribution is 2.31. The minimum Gasteiger partial charge on any atom is -0.478 e. The van der Waals surface area contributed by atoms with Crippen LogP contribution in [0.2, 0.25) is 0 Å². The van der Waals surface area contributed by atoms with Gasteiger partial charge in [0.25, 0.3) is 0 Å². The molecule has 0 spiro atoms. The number of para-hydroxylation sites is 2. The van der Waals surface area contributed by atoms with Crippen LogP contribution in [0.25, 0.3) is 22.3 Å². The molecule has 3 rings (SSSR count). The van der Waals surface area contributed by atoms with Gasteiger partial charge in [0.1, 0.15) is 17.0 Å². The third-order valence-corrected chi connectivity index (χ3v) is 3.08. The maximum atomic E-state index is 11.3. The second kappa shape index (κ2) is 3.91. The van der Waals surface area contributed by atoms with Crippen LogP contribution < -0.4 is 0 Å². The Hall–Kier alpha value is -2.69. The summed E-state index contributed by atoms with van der Waals surface area (Å²) in [6.45, 7) is 3.92. The Morgan fingerprint density at radius 3 is 2.37 bits per heavy atom. The number of nitrogens with zero attached hydrogens (tertiary/aromatic N) is 3. The minimum absolute atomic E-state index is 0.128. The first-order valence-corrected chi connectivity index (χ1v) is 5.72. The quantitative estimate of drug-likeness (QED) is 0.841. The molecule has 1 aliphatic rings. The highest BCUT2D eigenvalue weighted by molar-refractivity contribution is 6.17. The van der Waals surface area contributed by atoms with E-state index in [-0.39, 0.29) is 5.57 Å². The number of rotatable bonds is 1. The summed E-state index contributed by atoms with van der Waals surface area (Å²) in [6, 6.07) is 7.36. The van der Waals surface area contributed by atoms with Gasteiger partial charge in [0, 0.05) is 13.2 Å². The Kier molecular flexibility index (Phi) is 2.35. The van der Waals surface area contributed by atoms with Gasteiger partial charge < -0.3 is 10.0 Å². The highest BCUT2D eigenvalue weighted by atomic mass is 16.4. The number of carboxylic acids is 1. The van der Waals surface area contributed by atoms with Crippen molar-refractivity contribution in [2.24, 2.45) is 0 Å². The molecule has 5 nitrogen and oxygen atoms in total. The average molecular weight is 253 g/mol. The summed E-state index contributed by atoms with van der Waals surface area (Å²) in [5, 5.41) is 9.27. The van der Waals surface area contributed by atoms with Gasteiger partial charge in [-0.1, -0.05) is 18.7 Å². The van der Waals surface area contributed by atoms with Crippen LogP contribution in [0.15, 0.2) is 37.0 Å². The van der Waals surface area contributed by atoms with Crippen LogP contribution in [0.5, 0.6) is 0 Å². The van der Waals surface area contributed by atoms with E-state index in [0.29, 0.717) is 22.6 Å². The molecular formula is C14H11N3O2. The molecule has 1 N–H and O–H groups in total. The number of aliphatic carboxylic acids is 1. The number of carbonyl (C=O) groups is 1. The molecule has 19 heavy (non-hydrogen) atoms. The predicted molar refractivity (Wildman–Crippen MR) is 71.9 cm³/mol. The lowest BCUT2D eigenvalue weighted by Crippen LogP contribution is -2.21. The van der Waals surface area contributed by atoms with Crippen LogP contribution in [0.3, 0.4) is 0 Å². The zero-order chi connectivity index (χ0) is 13.6. The molecule has 0 bridgehead atoms. The highest BCUT2D eigenvalue weighted by Gasteiger charge is 2.26. The lowest BCUT2D eigenvalue weighted by molar-refractivity contribution is -0.130. The molecule has 0 aliphatic carbocycles. The number of carboxylic acid groups (broad SMARTS) is 1. The van der Waals surface area contributed by atoms with Crippen molar-refractivity contribution in [3.05, 3.63) is 48.4 Å². The van der Waals surface area contributed by atoms with E-state index < -0.39 is 5.97 Å². The van der Waals surface area contributed by atoms with Crippen molar-refractivity contribution in [1.82, 2.24) is 14.9 Å². The molecule has 0 radical (unpaired) electrons. The summed E-state index contributed by atoms with van der Waals surface area (Å²) >= 11 is 0. The molecule has 0 atom stereocenters. The third kappa shape index (κ3) is 1.67. The molecule has 0 unspecified atom stereocenters. The molecule has 0 saturated heterocycles. The smallest absolute Gasteiger partial charge is 0.339 e. The number of aromatic nitrogens is 2. The molecule has 1 aromatic carbocycles. The van der Waals surface area contributed by atoms with Gasteiger partial charge in [-0.05, 0) is 12.1 Å². The van der Waals surface area contributed by atoms with Gasteiger partial charge in [-0.25, -0.2) is 14.8 Å². The maximum Gasteiger partial charge on any atom is 0.339 e. The lowest BCUT2D eigenvalue weighted by Gasteiger charge is -2.24. The molecule has 94 valence electrons. The zero-order valence-corrected chi connectivity index (χ0v) is 10.3. The van der Waals surface area contributed by atoms with E-state index in [9.17, 15) is 9.90 Å². The summed E-state index contributed by atoms with van der Waals surface area (Å²) in [4.78, 5) is 21.8. The number of hydrogen-bond acceptors (Lipinski definition) is 4. The van der Waals surface area contributed by atoms with Crippen molar-refractivity contribution in [3.8, 4) is 0 Å². The number of benzene rings is 1. The first kappa shape index (κ1) is 11.4. The molecule has 0 saturated carbocycles. The van der Waals surface area contributed by atoms with Crippen LogP contribution in [0.1, 0.15) is 11.4 Å². The van der Waals surface area contributed by atoms with Crippen LogP contribution in [-0.2, 0) is 4.79 Å². The van der Waals surface area contributed by atoms with E-state index in [0.717, 1.165) is 5.52 Å². The first-order valence-electron chi connectivity index (χ1n) is 5.72. The van der Waals surface area contributed by atoms with Gasteiger partial charge in [-0.3, -0.25) is 0 Å². The van der Waals surface area contributed by atoms with Crippen LogP contribution >= 0.6 is 0 Å². The molecule has 1 aliphatic heterocycles. The Morgan fingerprint density at radius 1 is 1.21 bits per heavy atom. The molecule has 5 heteroatoms. The van der Waals surface area contributed by atoms with Crippen LogP contribution in [-0.4, -0.2) is 33.0 Å². The van der Waals surface area contributed by atoms with E-state index in [1.807, 2.05) is 24.3 Å². The third-order valence-electron chi connectivity index (χ3n) is 3.08. The van der Waals surface area contributed by atoms with E-state index in [1.54, 1.807) is 11.9 Å². The topological polar surface area (TPSA) is 66.3 Å². The summed E-state index contributed by atoms with van der Waals surface area (Å²) in [6.07, 6.45) is 1.51. The van der Waals surface area contributed by atoms with Crippen molar-refractivity contribution in [2.75, 3.05) is 7.05 Å². The monoisotopic (exact) mass is 253 g/mol. The lowest BCUT2D eigenvalue weighted by atomic mass is 10.0. The summed E-state index contributed by atoms with van der Waals surface area (Å²) < 4.78 is 0. The van der Waals surface area contributed by atoms with Crippen molar-refractivity contribution < 1.29 is 9.90 Å². The standard InChI is InChI=1S/C14H11N3O2/c1-8-12-13(9(14(18)19)7-17(8)2)16-11-6-4-3-5-10(11)15-12/h3-7H,1H2,2H3,(H,18,19). The first-order chi connectivity index (χ1) is 9.08. The number of fused-ring (bicyclic) bond motifs is 2. The fourth-order valence-electron chi connectivity index (χ4n) is 2.05. The fraction of sp³-hybridized carbons (Fsp3) is 0.0714. The number of hydrogen-bond donors (Lipinski definition) is 1. The van der Waals surface area contributed by atoms with E-state index in [2.05, 4.69) is 16.5 Å². The average Bonchev–Trinajstić information content (AvgIpc) is 2.41. The molecule has 2 heterocycles. The van der Waals surface area contributed by atoms with Gasteiger partial charge in [-0.15, -0.1) is 0 Å². The SMILES string of the molecule is C=C1c2nc3ccccc3nc2C(C(=O)O)=CN1C. The van der Waals surface area contributed by atoms with Crippen LogP contribution in [0, 0.1) is 0 Å². The Balaban J connectivity index is 2.35. The van der Waals surface area contributed by atoms with E-state index >= 15 is 0 Å².